The fraction of sp³-hybridized carbons (Fsp3) is 0.750. The van der Waals surface area contributed by atoms with Crippen molar-refractivity contribution in [2.24, 2.45) is 0 Å². The molecule has 0 saturated carbocycles. The first-order valence-corrected chi connectivity index (χ1v) is 12.5. The van der Waals surface area contributed by atoms with Crippen molar-refractivity contribution in [3.63, 3.8) is 0 Å². The maximum absolute atomic E-state index is 11.8. The van der Waals surface area contributed by atoms with Crippen molar-refractivity contribution in [3.05, 3.63) is 12.2 Å². The molecule has 2 aliphatic rings. The molecule has 3 amide bonds. The summed E-state index contributed by atoms with van der Waals surface area (Å²) in [5.74, 6) is -1.72. The Kier molecular flexibility index (Phi) is 15.4. The van der Waals surface area contributed by atoms with Crippen molar-refractivity contribution in [1.82, 2.24) is 10.4 Å². The number of hydrogen-bond acceptors (Lipinski definition) is 10. The van der Waals surface area contributed by atoms with Gasteiger partial charge in [0.1, 0.15) is 6.10 Å². The van der Waals surface area contributed by atoms with Crippen LogP contribution in [-0.2, 0) is 42.9 Å². The number of hydroxylamine groups is 2. The number of alkyl carbamates (subject to hydrolysis) is 1. The Balaban J connectivity index is 1.30. The van der Waals surface area contributed by atoms with Crippen LogP contribution in [-0.4, -0.2) is 94.4 Å². The van der Waals surface area contributed by atoms with Crippen LogP contribution in [0.3, 0.4) is 0 Å². The number of nitrogens with one attached hydrogen (secondary N) is 1. The minimum Gasteiger partial charge on any atom is -0.442 e. The van der Waals surface area contributed by atoms with Crippen molar-refractivity contribution in [2.75, 3.05) is 59.4 Å². The third-order valence-electron chi connectivity index (χ3n) is 5.25. The average Bonchev–Trinajstić information content (AvgIpc) is 3.15. The van der Waals surface area contributed by atoms with E-state index in [0.717, 1.165) is 25.7 Å². The first-order chi connectivity index (χ1) is 17.6. The van der Waals surface area contributed by atoms with E-state index >= 15 is 0 Å². The molecule has 12 heteroatoms. The molecule has 0 aromatic rings. The molecule has 2 rings (SSSR count). The Hall–Kier alpha value is -2.54. The van der Waals surface area contributed by atoms with E-state index in [9.17, 15) is 19.2 Å². The summed E-state index contributed by atoms with van der Waals surface area (Å²) in [6.45, 7) is 3.02. The largest absolute Gasteiger partial charge is 0.442 e. The van der Waals surface area contributed by atoms with Gasteiger partial charge in [0.05, 0.1) is 59.3 Å². The van der Waals surface area contributed by atoms with Gasteiger partial charge in [-0.15, -0.1) is 5.06 Å². The normalized spacial score (nSPS) is 19.0. The molecule has 1 saturated heterocycles. The Labute approximate surface area is 211 Å². The quantitative estimate of drug-likeness (QED) is 0.173. The van der Waals surface area contributed by atoms with Crippen LogP contribution in [0, 0.1) is 0 Å². The maximum atomic E-state index is 11.8. The highest BCUT2D eigenvalue weighted by Crippen LogP contribution is 2.14. The first-order valence-electron chi connectivity index (χ1n) is 12.5. The van der Waals surface area contributed by atoms with Gasteiger partial charge in [-0.1, -0.05) is 12.5 Å². The Morgan fingerprint density at radius 2 is 1.44 bits per heavy atom. The highest BCUT2D eigenvalue weighted by molar-refractivity contribution is 6.01. The van der Waals surface area contributed by atoms with Gasteiger partial charge < -0.3 is 33.8 Å². The predicted octanol–water partition coefficient (Wildman–Crippen LogP) is 1.67. The van der Waals surface area contributed by atoms with Crippen LogP contribution in [0.4, 0.5) is 4.79 Å². The van der Waals surface area contributed by atoms with E-state index in [0.29, 0.717) is 51.2 Å². The van der Waals surface area contributed by atoms with Crippen LogP contribution < -0.4 is 5.32 Å². The number of rotatable bonds is 17. The molecule has 1 unspecified atom stereocenters. The molecule has 0 spiro atoms. The van der Waals surface area contributed by atoms with E-state index < -0.39 is 23.9 Å². The van der Waals surface area contributed by atoms with Crippen molar-refractivity contribution in [1.29, 1.82) is 0 Å². The standard InChI is InChI=1S/C24H38N2O10/c27-21-8-9-22(28)26(21)36-23(29)10-12-31-14-16-33-18-19-34-17-15-32-13-11-25-24(30)35-20-6-4-2-1-3-5-7-20/h4,6,20H,1-3,5,7-19H2,(H,25,30)/b6-4-. The summed E-state index contributed by atoms with van der Waals surface area (Å²) in [4.78, 5) is 50.9. The topological polar surface area (TPSA) is 139 Å². The maximum Gasteiger partial charge on any atom is 0.407 e. The molecule has 204 valence electrons. The molecule has 1 heterocycles. The van der Waals surface area contributed by atoms with Gasteiger partial charge in [0.25, 0.3) is 11.8 Å². The lowest BCUT2D eigenvalue weighted by Gasteiger charge is -2.16. The Bertz CT molecular complexity index is 699. The van der Waals surface area contributed by atoms with Crippen LogP contribution in [0.25, 0.3) is 0 Å². The van der Waals surface area contributed by atoms with Crippen LogP contribution in [0.5, 0.6) is 0 Å². The van der Waals surface area contributed by atoms with E-state index in [-0.39, 0.29) is 38.6 Å². The number of allylic oxidation sites excluding steroid dienone is 1. The zero-order valence-corrected chi connectivity index (χ0v) is 20.8. The van der Waals surface area contributed by atoms with Gasteiger partial charge in [0.2, 0.25) is 0 Å². The molecule has 1 atom stereocenters. The Morgan fingerprint density at radius 3 is 2.11 bits per heavy atom. The number of imide groups is 1. The molecule has 36 heavy (non-hydrogen) atoms. The highest BCUT2D eigenvalue weighted by Gasteiger charge is 2.32. The van der Waals surface area contributed by atoms with Crippen LogP contribution in [0.1, 0.15) is 51.4 Å². The van der Waals surface area contributed by atoms with Crippen molar-refractivity contribution < 1.29 is 47.7 Å². The van der Waals surface area contributed by atoms with Gasteiger partial charge >= 0.3 is 12.1 Å². The molecule has 1 N–H and O–H groups in total. The first kappa shape index (κ1) is 29.7. The van der Waals surface area contributed by atoms with Gasteiger partial charge in [0, 0.05) is 19.4 Å². The van der Waals surface area contributed by atoms with Crippen molar-refractivity contribution in [3.8, 4) is 0 Å². The summed E-state index contributed by atoms with van der Waals surface area (Å²) in [7, 11) is 0. The average molecular weight is 515 g/mol. The van der Waals surface area contributed by atoms with Gasteiger partial charge in [-0.3, -0.25) is 9.59 Å². The summed E-state index contributed by atoms with van der Waals surface area (Å²) in [6, 6.07) is 0. The minimum atomic E-state index is -0.701. The molecular formula is C24H38N2O10. The van der Waals surface area contributed by atoms with Gasteiger partial charge in [-0.2, -0.15) is 0 Å². The smallest absolute Gasteiger partial charge is 0.407 e. The van der Waals surface area contributed by atoms with E-state index in [1.165, 1.54) is 6.42 Å². The lowest BCUT2D eigenvalue weighted by atomic mass is 10.0. The second-order valence-corrected chi connectivity index (χ2v) is 8.18. The molecule has 0 bridgehead atoms. The van der Waals surface area contributed by atoms with Gasteiger partial charge in [0.15, 0.2) is 0 Å². The van der Waals surface area contributed by atoms with E-state index in [2.05, 4.69) is 11.4 Å². The summed E-state index contributed by atoms with van der Waals surface area (Å²) < 4.78 is 26.8. The molecule has 12 nitrogen and oxygen atoms in total. The van der Waals surface area contributed by atoms with Crippen LogP contribution >= 0.6 is 0 Å². The minimum absolute atomic E-state index is 0.0603. The second kappa shape index (κ2) is 18.7. The van der Waals surface area contributed by atoms with Gasteiger partial charge in [-0.05, 0) is 31.8 Å². The van der Waals surface area contributed by atoms with E-state index in [1.807, 2.05) is 6.08 Å². The SMILES string of the molecule is O=C(CCOCCOCCOCCOCCNC(=O)OC1/C=C\CCCCC1)ON1C(=O)CCC1=O. The lowest BCUT2D eigenvalue weighted by Crippen LogP contribution is -2.32. The fourth-order valence-corrected chi connectivity index (χ4v) is 3.35. The number of ether oxygens (including phenoxy) is 5. The molecule has 0 aromatic heterocycles. The number of nitrogens with zero attached hydrogens (tertiary/aromatic N) is 1. The van der Waals surface area contributed by atoms with Crippen LogP contribution in [0.2, 0.25) is 0 Å². The molecule has 0 radical (unpaired) electrons. The summed E-state index contributed by atoms with van der Waals surface area (Å²) in [5, 5.41) is 3.20. The van der Waals surface area contributed by atoms with E-state index in [1.54, 1.807) is 0 Å². The van der Waals surface area contributed by atoms with Gasteiger partial charge in [-0.25, -0.2) is 9.59 Å². The number of carbonyl (C=O) groups excluding carboxylic acids is 4. The van der Waals surface area contributed by atoms with Crippen molar-refractivity contribution >= 4 is 23.9 Å². The zero-order valence-electron chi connectivity index (χ0n) is 20.8. The summed E-state index contributed by atoms with van der Waals surface area (Å²) in [5.41, 5.74) is 0. The monoisotopic (exact) mass is 514 g/mol. The predicted molar refractivity (Wildman–Crippen MR) is 126 cm³/mol. The highest BCUT2D eigenvalue weighted by atomic mass is 16.7. The molecule has 1 aliphatic carbocycles. The molecular weight excluding hydrogens is 476 g/mol. The second-order valence-electron chi connectivity index (χ2n) is 8.18. The number of carbonyl (C=O) groups is 4. The Morgan fingerprint density at radius 1 is 0.833 bits per heavy atom. The molecule has 1 fully saturated rings. The summed E-state index contributed by atoms with van der Waals surface area (Å²) >= 11 is 0. The van der Waals surface area contributed by atoms with Crippen LogP contribution in [0.15, 0.2) is 12.2 Å². The summed E-state index contributed by atoms with van der Waals surface area (Å²) in [6.07, 6.45) is 8.82. The molecule has 1 aliphatic heterocycles. The number of hydrogen-bond donors (Lipinski definition) is 1. The fourth-order valence-electron chi connectivity index (χ4n) is 3.35. The lowest BCUT2D eigenvalue weighted by molar-refractivity contribution is -0.198. The zero-order chi connectivity index (χ0) is 25.8. The third-order valence-corrected chi connectivity index (χ3v) is 5.25. The van der Waals surface area contributed by atoms with Crippen molar-refractivity contribution in [2.45, 2.75) is 57.5 Å². The third kappa shape index (κ3) is 13.5. The molecule has 0 aromatic carbocycles. The van der Waals surface area contributed by atoms with E-state index in [4.69, 9.17) is 28.5 Å². The number of amides is 3.